The highest BCUT2D eigenvalue weighted by molar-refractivity contribution is 7.89. The summed E-state index contributed by atoms with van der Waals surface area (Å²) in [7, 11) is -1.10. The molecule has 0 spiro atoms. The van der Waals surface area contributed by atoms with E-state index in [9.17, 15) is 17.2 Å². The summed E-state index contributed by atoms with van der Waals surface area (Å²) in [6.45, 7) is 2.14. The van der Waals surface area contributed by atoms with E-state index in [-0.39, 0.29) is 13.2 Å². The van der Waals surface area contributed by atoms with Gasteiger partial charge in [0.2, 0.25) is 10.0 Å². The fraction of sp³-hybridized carbons (Fsp3) is 0.538. The summed E-state index contributed by atoms with van der Waals surface area (Å²) in [5.41, 5.74) is 0.344. The molecule has 0 bridgehead atoms. The zero-order chi connectivity index (χ0) is 16.0. The number of benzene rings is 1. The lowest BCUT2D eigenvalue weighted by Gasteiger charge is -2.17. The van der Waals surface area contributed by atoms with E-state index in [0.29, 0.717) is 12.0 Å². The first-order chi connectivity index (χ1) is 9.85. The van der Waals surface area contributed by atoms with Crippen molar-refractivity contribution in [1.29, 1.82) is 0 Å². The third-order valence-corrected chi connectivity index (χ3v) is 4.43. The molecule has 0 aromatic heterocycles. The molecule has 1 aromatic rings. The Labute approximate surface area is 123 Å². The second-order valence-corrected chi connectivity index (χ2v) is 6.28. The minimum atomic E-state index is -4.16. The normalized spacial score (nSPS) is 13.4. The van der Waals surface area contributed by atoms with E-state index in [1.54, 1.807) is 14.0 Å². The zero-order valence-corrected chi connectivity index (χ0v) is 13.1. The maximum Gasteiger partial charge on any atom is 0.243 e. The van der Waals surface area contributed by atoms with E-state index in [1.165, 1.54) is 7.11 Å². The van der Waals surface area contributed by atoms with Crippen molar-refractivity contribution >= 4 is 10.0 Å². The van der Waals surface area contributed by atoms with Gasteiger partial charge in [0, 0.05) is 19.7 Å². The number of hydrogen-bond acceptors (Lipinski definition) is 4. The molecular weight excluding hydrogens is 302 g/mol. The van der Waals surface area contributed by atoms with Gasteiger partial charge in [-0.15, -0.1) is 0 Å². The van der Waals surface area contributed by atoms with Crippen LogP contribution in [-0.4, -0.2) is 35.2 Å². The maximum absolute atomic E-state index is 13.8. The molecule has 0 saturated heterocycles. The van der Waals surface area contributed by atoms with Crippen LogP contribution in [0.3, 0.4) is 0 Å². The fourth-order valence-electron chi connectivity index (χ4n) is 1.84. The summed E-state index contributed by atoms with van der Waals surface area (Å²) in [5.74, 6) is -2.57. The van der Waals surface area contributed by atoms with Crippen molar-refractivity contribution in [3.05, 3.63) is 29.3 Å². The van der Waals surface area contributed by atoms with Gasteiger partial charge in [-0.1, -0.05) is 6.92 Å². The Kier molecular flexibility index (Phi) is 6.66. The van der Waals surface area contributed by atoms with E-state index in [0.717, 1.165) is 12.1 Å². The quantitative estimate of drug-likeness (QED) is 0.759. The molecule has 0 saturated carbocycles. The second-order valence-electron chi connectivity index (χ2n) is 4.60. The molecule has 1 atom stereocenters. The van der Waals surface area contributed by atoms with Crippen molar-refractivity contribution < 1.29 is 21.9 Å². The number of nitrogens with one attached hydrogen (secondary N) is 2. The summed E-state index contributed by atoms with van der Waals surface area (Å²) in [5, 5.41) is 2.76. The maximum atomic E-state index is 13.8. The van der Waals surface area contributed by atoms with E-state index in [2.05, 4.69) is 10.0 Å². The highest BCUT2D eigenvalue weighted by Crippen LogP contribution is 2.20. The molecule has 0 radical (unpaired) electrons. The topological polar surface area (TPSA) is 67.4 Å². The Hall–Kier alpha value is -1.09. The van der Waals surface area contributed by atoms with Crippen molar-refractivity contribution in [2.45, 2.75) is 30.8 Å². The Morgan fingerprint density at radius 1 is 1.33 bits per heavy atom. The van der Waals surface area contributed by atoms with Gasteiger partial charge in [-0.25, -0.2) is 21.9 Å². The van der Waals surface area contributed by atoms with Gasteiger partial charge >= 0.3 is 0 Å². The van der Waals surface area contributed by atoms with Crippen molar-refractivity contribution in [2.75, 3.05) is 20.8 Å². The summed E-state index contributed by atoms with van der Waals surface area (Å²) in [4.78, 5) is -0.692. The van der Waals surface area contributed by atoms with Crippen molar-refractivity contribution in [1.82, 2.24) is 10.0 Å². The van der Waals surface area contributed by atoms with Gasteiger partial charge in [-0.3, -0.25) is 0 Å². The van der Waals surface area contributed by atoms with Gasteiger partial charge in [-0.2, -0.15) is 0 Å². The Morgan fingerprint density at radius 3 is 2.52 bits per heavy atom. The molecule has 0 amide bonds. The molecule has 0 fully saturated rings. The molecule has 1 unspecified atom stereocenters. The van der Waals surface area contributed by atoms with E-state index in [1.807, 2.05) is 0 Å². The molecular formula is C13H20F2N2O3S. The van der Waals surface area contributed by atoms with Gasteiger partial charge < -0.3 is 10.1 Å². The fourth-order valence-corrected chi connectivity index (χ4v) is 3.28. The smallest absolute Gasteiger partial charge is 0.243 e. The van der Waals surface area contributed by atoms with Crippen LogP contribution >= 0.6 is 0 Å². The van der Waals surface area contributed by atoms with Crippen LogP contribution < -0.4 is 10.0 Å². The number of rotatable bonds is 8. The van der Waals surface area contributed by atoms with Crippen LogP contribution in [0.1, 0.15) is 18.9 Å². The number of sulfonamides is 1. The van der Waals surface area contributed by atoms with Crippen molar-refractivity contribution in [3.8, 4) is 0 Å². The van der Waals surface area contributed by atoms with Crippen LogP contribution in [0.25, 0.3) is 0 Å². The molecule has 2 N–H and O–H groups in total. The van der Waals surface area contributed by atoms with Gasteiger partial charge in [0.25, 0.3) is 0 Å². The highest BCUT2D eigenvalue weighted by Gasteiger charge is 2.25. The van der Waals surface area contributed by atoms with Crippen molar-refractivity contribution in [2.24, 2.45) is 0 Å². The second kappa shape index (κ2) is 7.79. The van der Waals surface area contributed by atoms with E-state index in [4.69, 9.17) is 4.74 Å². The summed E-state index contributed by atoms with van der Waals surface area (Å²) in [6, 6.07) is 1.59. The molecule has 0 aliphatic heterocycles. The van der Waals surface area contributed by atoms with Crippen LogP contribution in [0, 0.1) is 11.6 Å². The van der Waals surface area contributed by atoms with E-state index < -0.39 is 32.6 Å². The lowest BCUT2D eigenvalue weighted by Crippen LogP contribution is -2.38. The van der Waals surface area contributed by atoms with Crippen LogP contribution in [-0.2, 0) is 21.3 Å². The molecule has 21 heavy (non-hydrogen) atoms. The molecule has 5 nitrogen and oxygen atoms in total. The Bertz CT molecular complexity index is 579. The zero-order valence-electron chi connectivity index (χ0n) is 12.2. The van der Waals surface area contributed by atoms with Crippen LogP contribution in [0.15, 0.2) is 17.0 Å². The van der Waals surface area contributed by atoms with Gasteiger partial charge in [0.1, 0.15) is 4.90 Å². The number of halogens is 2. The standard InChI is InChI=1S/C13H20F2N2O3S/c1-4-10(8-20-3)17-21(18,19)12-6-9(7-16-2)5-11(14)13(12)15/h5-6,10,16-17H,4,7-8H2,1-3H3. The Morgan fingerprint density at radius 2 is 2.00 bits per heavy atom. The predicted octanol–water partition coefficient (Wildman–Crippen LogP) is 1.39. The molecule has 1 rings (SSSR count). The molecule has 120 valence electrons. The molecule has 1 aromatic carbocycles. The minimum absolute atomic E-state index is 0.149. The average Bonchev–Trinajstić information content (AvgIpc) is 2.42. The number of methoxy groups -OCH3 is 1. The third-order valence-electron chi connectivity index (χ3n) is 2.91. The minimum Gasteiger partial charge on any atom is -0.383 e. The summed E-state index contributed by atoms with van der Waals surface area (Å²) in [6.07, 6.45) is 0.466. The van der Waals surface area contributed by atoms with Crippen LogP contribution in [0.4, 0.5) is 8.78 Å². The monoisotopic (exact) mass is 322 g/mol. The highest BCUT2D eigenvalue weighted by atomic mass is 32.2. The first kappa shape index (κ1) is 18.0. The van der Waals surface area contributed by atoms with Crippen LogP contribution in [0.5, 0.6) is 0 Å². The lowest BCUT2D eigenvalue weighted by atomic mass is 10.2. The van der Waals surface area contributed by atoms with Gasteiger partial charge in [0.05, 0.1) is 6.61 Å². The summed E-state index contributed by atoms with van der Waals surface area (Å²) >= 11 is 0. The lowest BCUT2D eigenvalue weighted by molar-refractivity contribution is 0.173. The first-order valence-corrected chi connectivity index (χ1v) is 7.97. The first-order valence-electron chi connectivity index (χ1n) is 6.49. The Balaban J connectivity index is 3.17. The molecule has 0 aliphatic rings. The molecule has 0 heterocycles. The van der Waals surface area contributed by atoms with Gasteiger partial charge in [-0.05, 0) is 31.2 Å². The van der Waals surface area contributed by atoms with Gasteiger partial charge in [0.15, 0.2) is 11.6 Å². The molecule has 8 heteroatoms. The summed E-state index contributed by atoms with van der Waals surface area (Å²) < 4.78 is 59.0. The number of ether oxygens (including phenoxy) is 1. The number of hydrogen-bond donors (Lipinski definition) is 2. The SMILES string of the molecule is CCC(COC)NS(=O)(=O)c1cc(CNC)cc(F)c1F. The average molecular weight is 322 g/mol. The predicted molar refractivity (Wildman–Crippen MR) is 75.4 cm³/mol. The largest absolute Gasteiger partial charge is 0.383 e. The van der Waals surface area contributed by atoms with E-state index >= 15 is 0 Å². The third kappa shape index (κ3) is 4.70. The molecule has 0 aliphatic carbocycles. The van der Waals surface area contributed by atoms with Crippen LogP contribution in [0.2, 0.25) is 0 Å². The van der Waals surface area contributed by atoms with Crippen molar-refractivity contribution in [3.63, 3.8) is 0 Å².